The quantitative estimate of drug-likeness (QED) is 0.917. The molecule has 2 N–H and O–H groups in total. The number of oxazole rings is 1. The Hall–Kier alpha value is -1.69. The second-order valence-corrected chi connectivity index (χ2v) is 7.03. The maximum atomic E-state index is 6.10. The summed E-state index contributed by atoms with van der Waals surface area (Å²) in [6.45, 7) is 10.0. The smallest absolute Gasteiger partial charge is 0.209 e. The number of benzene rings is 1. The zero-order valence-electron chi connectivity index (χ0n) is 14.0. The lowest BCUT2D eigenvalue weighted by molar-refractivity contribution is 0.105. The molecule has 1 fully saturated rings. The lowest BCUT2D eigenvalue weighted by atomic mass is 10.1. The molecule has 0 radical (unpaired) electrons. The SMILES string of the molecule is CC(C)(N)CN1CCN(Cc2ncc(-c3ccccc3)o2)CC1. The molecule has 3 rings (SSSR count). The van der Waals surface area contributed by atoms with Crippen LogP contribution in [0.2, 0.25) is 0 Å². The molecule has 5 nitrogen and oxygen atoms in total. The first-order chi connectivity index (χ1) is 11.0. The van der Waals surface area contributed by atoms with Crippen LogP contribution in [0, 0.1) is 0 Å². The molecule has 0 aliphatic carbocycles. The van der Waals surface area contributed by atoms with Gasteiger partial charge in [-0.2, -0.15) is 0 Å². The first-order valence-electron chi connectivity index (χ1n) is 8.23. The van der Waals surface area contributed by atoms with Crippen molar-refractivity contribution in [2.24, 2.45) is 5.73 Å². The number of rotatable bonds is 5. The van der Waals surface area contributed by atoms with Crippen molar-refractivity contribution in [1.29, 1.82) is 0 Å². The summed E-state index contributed by atoms with van der Waals surface area (Å²) < 4.78 is 5.89. The van der Waals surface area contributed by atoms with E-state index in [-0.39, 0.29) is 5.54 Å². The van der Waals surface area contributed by atoms with E-state index in [1.54, 1.807) is 0 Å². The van der Waals surface area contributed by atoms with Crippen LogP contribution in [-0.4, -0.2) is 53.0 Å². The van der Waals surface area contributed by atoms with Crippen LogP contribution in [0.1, 0.15) is 19.7 Å². The van der Waals surface area contributed by atoms with Crippen LogP contribution in [-0.2, 0) is 6.54 Å². The molecule has 0 unspecified atom stereocenters. The zero-order chi connectivity index (χ0) is 16.3. The van der Waals surface area contributed by atoms with E-state index in [1.807, 2.05) is 36.5 Å². The van der Waals surface area contributed by atoms with Crippen molar-refractivity contribution >= 4 is 0 Å². The van der Waals surface area contributed by atoms with Gasteiger partial charge in [-0.25, -0.2) is 4.98 Å². The Morgan fingerprint density at radius 1 is 1.09 bits per heavy atom. The van der Waals surface area contributed by atoms with Gasteiger partial charge in [0, 0.05) is 43.8 Å². The Kier molecular flexibility index (Phi) is 4.80. The summed E-state index contributed by atoms with van der Waals surface area (Å²) in [6, 6.07) is 10.1. The maximum Gasteiger partial charge on any atom is 0.209 e. The van der Waals surface area contributed by atoms with Crippen molar-refractivity contribution < 1.29 is 4.42 Å². The van der Waals surface area contributed by atoms with Gasteiger partial charge in [0.15, 0.2) is 5.76 Å². The highest BCUT2D eigenvalue weighted by molar-refractivity contribution is 5.55. The van der Waals surface area contributed by atoms with Gasteiger partial charge in [-0.3, -0.25) is 9.80 Å². The molecule has 1 aliphatic rings. The molecule has 1 aromatic carbocycles. The Balaban J connectivity index is 1.53. The van der Waals surface area contributed by atoms with Crippen LogP contribution in [0.15, 0.2) is 40.9 Å². The highest BCUT2D eigenvalue weighted by Crippen LogP contribution is 2.20. The van der Waals surface area contributed by atoms with Crippen molar-refractivity contribution in [3.63, 3.8) is 0 Å². The number of hydrogen-bond acceptors (Lipinski definition) is 5. The van der Waals surface area contributed by atoms with Crippen LogP contribution < -0.4 is 5.73 Å². The van der Waals surface area contributed by atoms with E-state index in [1.165, 1.54) is 0 Å². The largest absolute Gasteiger partial charge is 0.439 e. The summed E-state index contributed by atoms with van der Waals surface area (Å²) in [5.41, 5.74) is 7.04. The number of piperazine rings is 1. The third-order valence-corrected chi connectivity index (χ3v) is 4.07. The molecule has 1 aliphatic heterocycles. The van der Waals surface area contributed by atoms with Crippen LogP contribution in [0.25, 0.3) is 11.3 Å². The van der Waals surface area contributed by atoms with E-state index in [0.29, 0.717) is 0 Å². The third-order valence-electron chi connectivity index (χ3n) is 4.07. The molecule has 5 heteroatoms. The van der Waals surface area contributed by atoms with Crippen molar-refractivity contribution in [2.45, 2.75) is 25.9 Å². The minimum Gasteiger partial charge on any atom is -0.439 e. The molecule has 1 saturated heterocycles. The van der Waals surface area contributed by atoms with E-state index >= 15 is 0 Å². The topological polar surface area (TPSA) is 58.5 Å². The predicted molar refractivity (Wildman–Crippen MR) is 91.9 cm³/mol. The minimum atomic E-state index is -0.130. The molecule has 0 spiro atoms. The highest BCUT2D eigenvalue weighted by Gasteiger charge is 2.22. The second kappa shape index (κ2) is 6.83. The number of aromatic nitrogens is 1. The van der Waals surface area contributed by atoms with Gasteiger partial charge in [0.05, 0.1) is 12.7 Å². The minimum absolute atomic E-state index is 0.130. The van der Waals surface area contributed by atoms with Gasteiger partial charge >= 0.3 is 0 Å². The summed E-state index contributed by atoms with van der Waals surface area (Å²) in [4.78, 5) is 9.24. The molecule has 23 heavy (non-hydrogen) atoms. The molecule has 0 saturated carbocycles. The van der Waals surface area contributed by atoms with E-state index in [0.717, 1.165) is 56.5 Å². The van der Waals surface area contributed by atoms with E-state index in [9.17, 15) is 0 Å². The summed E-state index contributed by atoms with van der Waals surface area (Å²) >= 11 is 0. The van der Waals surface area contributed by atoms with E-state index < -0.39 is 0 Å². The van der Waals surface area contributed by atoms with Crippen LogP contribution in [0.5, 0.6) is 0 Å². The first kappa shape index (κ1) is 16.2. The fourth-order valence-electron chi connectivity index (χ4n) is 2.99. The van der Waals surface area contributed by atoms with Crippen molar-refractivity contribution in [3.8, 4) is 11.3 Å². The Morgan fingerprint density at radius 2 is 1.74 bits per heavy atom. The van der Waals surface area contributed by atoms with Gasteiger partial charge in [-0.1, -0.05) is 30.3 Å². The van der Waals surface area contributed by atoms with Gasteiger partial charge in [0.1, 0.15) is 0 Å². The van der Waals surface area contributed by atoms with E-state index in [4.69, 9.17) is 10.2 Å². The van der Waals surface area contributed by atoms with Gasteiger partial charge in [-0.05, 0) is 13.8 Å². The van der Waals surface area contributed by atoms with Crippen molar-refractivity contribution in [3.05, 3.63) is 42.4 Å². The Morgan fingerprint density at radius 3 is 2.39 bits per heavy atom. The Bertz CT molecular complexity index is 609. The molecule has 2 heterocycles. The molecular formula is C18H26N4O. The number of hydrogen-bond donors (Lipinski definition) is 1. The fraction of sp³-hybridized carbons (Fsp3) is 0.500. The normalized spacial score (nSPS) is 17.5. The Labute approximate surface area is 138 Å². The summed E-state index contributed by atoms with van der Waals surface area (Å²) in [5, 5.41) is 0. The van der Waals surface area contributed by atoms with Gasteiger partial charge in [0.2, 0.25) is 5.89 Å². The fourth-order valence-corrected chi connectivity index (χ4v) is 2.99. The molecule has 0 atom stereocenters. The average molecular weight is 314 g/mol. The molecule has 0 bridgehead atoms. The predicted octanol–water partition coefficient (Wildman–Crippen LogP) is 2.20. The highest BCUT2D eigenvalue weighted by atomic mass is 16.4. The van der Waals surface area contributed by atoms with Crippen LogP contribution in [0.4, 0.5) is 0 Å². The first-order valence-corrected chi connectivity index (χ1v) is 8.23. The number of nitrogens with zero attached hydrogens (tertiary/aromatic N) is 3. The summed E-state index contributed by atoms with van der Waals surface area (Å²) in [7, 11) is 0. The number of nitrogens with two attached hydrogens (primary N) is 1. The second-order valence-electron chi connectivity index (χ2n) is 7.03. The zero-order valence-corrected chi connectivity index (χ0v) is 14.0. The molecule has 0 amide bonds. The monoisotopic (exact) mass is 314 g/mol. The molecular weight excluding hydrogens is 288 g/mol. The standard InChI is InChI=1S/C18H26N4O/c1-18(2,19)14-22-10-8-21(9-11-22)13-17-20-12-16(23-17)15-6-4-3-5-7-15/h3-7,12H,8-11,13-14,19H2,1-2H3. The van der Waals surface area contributed by atoms with Crippen LogP contribution >= 0.6 is 0 Å². The van der Waals surface area contributed by atoms with Gasteiger partial charge < -0.3 is 10.2 Å². The van der Waals surface area contributed by atoms with E-state index in [2.05, 4.69) is 28.6 Å². The van der Waals surface area contributed by atoms with Gasteiger partial charge in [0.25, 0.3) is 0 Å². The van der Waals surface area contributed by atoms with Gasteiger partial charge in [-0.15, -0.1) is 0 Å². The maximum absolute atomic E-state index is 6.10. The summed E-state index contributed by atoms with van der Waals surface area (Å²) in [6.07, 6.45) is 1.82. The average Bonchev–Trinajstić information content (AvgIpc) is 2.97. The molecule has 2 aromatic rings. The van der Waals surface area contributed by atoms with Crippen molar-refractivity contribution in [2.75, 3.05) is 32.7 Å². The van der Waals surface area contributed by atoms with Crippen molar-refractivity contribution in [1.82, 2.24) is 14.8 Å². The lowest BCUT2D eigenvalue weighted by Gasteiger charge is -2.37. The molecule has 124 valence electrons. The third kappa shape index (κ3) is 4.64. The summed E-state index contributed by atoms with van der Waals surface area (Å²) in [5.74, 6) is 1.63. The lowest BCUT2D eigenvalue weighted by Crippen LogP contribution is -2.52. The molecule has 1 aromatic heterocycles. The van der Waals surface area contributed by atoms with Crippen LogP contribution in [0.3, 0.4) is 0 Å².